The fourth-order valence-corrected chi connectivity index (χ4v) is 2.99. The Morgan fingerprint density at radius 1 is 1.00 bits per heavy atom. The van der Waals surface area contributed by atoms with Gasteiger partial charge in [0.25, 0.3) is 0 Å². The largest absolute Gasteiger partial charge is 0.490 e. The van der Waals surface area contributed by atoms with Gasteiger partial charge in [-0.15, -0.1) is 0 Å². The first-order valence-electron chi connectivity index (χ1n) is 7.84. The highest BCUT2D eigenvalue weighted by atomic mass is 35.5. The van der Waals surface area contributed by atoms with Gasteiger partial charge in [0.1, 0.15) is 35.9 Å². The molecule has 3 nitrogen and oxygen atoms in total. The van der Waals surface area contributed by atoms with Crippen LogP contribution in [-0.4, -0.2) is 24.4 Å². The van der Waals surface area contributed by atoms with Crippen LogP contribution in [0.4, 0.5) is 0 Å². The molecule has 1 aliphatic heterocycles. The van der Waals surface area contributed by atoms with Crippen LogP contribution in [0, 0.1) is 13.8 Å². The molecule has 0 radical (unpaired) electrons. The van der Waals surface area contributed by atoms with Crippen molar-refractivity contribution in [1.29, 1.82) is 0 Å². The molecule has 1 heterocycles. The third-order valence-corrected chi connectivity index (χ3v) is 4.30. The molecule has 1 fully saturated rings. The minimum Gasteiger partial charge on any atom is -0.490 e. The van der Waals surface area contributed by atoms with Crippen LogP contribution in [0.5, 0.6) is 11.5 Å². The van der Waals surface area contributed by atoms with Gasteiger partial charge in [0.2, 0.25) is 0 Å². The van der Waals surface area contributed by atoms with Gasteiger partial charge in [0, 0.05) is 6.42 Å². The van der Waals surface area contributed by atoms with Gasteiger partial charge < -0.3 is 14.2 Å². The number of para-hydroxylation sites is 2. The number of benzene rings is 2. The molecule has 0 bridgehead atoms. The van der Waals surface area contributed by atoms with Gasteiger partial charge in [0.05, 0.1) is 0 Å². The Morgan fingerprint density at radius 3 is 2.26 bits per heavy atom. The average molecular weight is 333 g/mol. The maximum Gasteiger partial charge on any atom is 0.135 e. The first-order valence-corrected chi connectivity index (χ1v) is 8.27. The van der Waals surface area contributed by atoms with Gasteiger partial charge >= 0.3 is 0 Å². The Labute approximate surface area is 142 Å². The van der Waals surface area contributed by atoms with Crippen LogP contribution in [0.25, 0.3) is 0 Å². The van der Waals surface area contributed by atoms with Gasteiger partial charge in [-0.2, -0.15) is 0 Å². The van der Waals surface area contributed by atoms with Crippen molar-refractivity contribution in [2.24, 2.45) is 0 Å². The van der Waals surface area contributed by atoms with Gasteiger partial charge in [-0.25, -0.2) is 0 Å². The summed E-state index contributed by atoms with van der Waals surface area (Å²) in [5, 5.41) is 0. The minimum atomic E-state index is -0.338. The number of ether oxygens (including phenoxy) is 3. The van der Waals surface area contributed by atoms with Crippen LogP contribution in [0.2, 0.25) is 0 Å². The molecule has 0 saturated carbocycles. The lowest BCUT2D eigenvalue weighted by Crippen LogP contribution is -2.32. The van der Waals surface area contributed by atoms with Crippen molar-refractivity contribution in [3.8, 4) is 11.5 Å². The zero-order valence-electron chi connectivity index (χ0n) is 13.4. The zero-order chi connectivity index (χ0) is 16.2. The van der Waals surface area contributed by atoms with Crippen molar-refractivity contribution in [3.05, 3.63) is 59.7 Å². The van der Waals surface area contributed by atoms with Crippen molar-refractivity contribution in [3.63, 3.8) is 0 Å². The van der Waals surface area contributed by atoms with Crippen LogP contribution in [0.3, 0.4) is 0 Å². The Kier molecular flexibility index (Phi) is 5.09. The van der Waals surface area contributed by atoms with Gasteiger partial charge in [-0.3, -0.25) is 0 Å². The Morgan fingerprint density at radius 2 is 1.61 bits per heavy atom. The fourth-order valence-electron chi connectivity index (χ4n) is 2.68. The third-order valence-electron chi connectivity index (χ3n) is 4.02. The summed E-state index contributed by atoms with van der Waals surface area (Å²) in [5.74, 6) is 1.73. The monoisotopic (exact) mass is 332 g/mol. The summed E-state index contributed by atoms with van der Waals surface area (Å²) in [6.45, 7) is 4.48. The summed E-state index contributed by atoms with van der Waals surface area (Å²) in [5.41, 5.74) is 1.86. The van der Waals surface area contributed by atoms with Crippen LogP contribution in [0.1, 0.15) is 17.5 Å². The lowest BCUT2D eigenvalue weighted by atomic mass is 10.1. The highest BCUT2D eigenvalue weighted by Crippen LogP contribution is 2.29. The van der Waals surface area contributed by atoms with Crippen molar-refractivity contribution in [2.45, 2.75) is 38.0 Å². The van der Waals surface area contributed by atoms with E-state index in [0.29, 0.717) is 13.0 Å². The van der Waals surface area contributed by atoms with Crippen LogP contribution < -0.4 is 9.47 Å². The molecular weight excluding hydrogens is 312 g/mol. The zero-order valence-corrected chi connectivity index (χ0v) is 14.1. The van der Waals surface area contributed by atoms with E-state index in [0.717, 1.165) is 22.6 Å². The first kappa shape index (κ1) is 16.2. The Hall–Kier alpha value is -1.71. The standard InChI is InChI=1S/C19H21ClO3/c1-13-7-3-5-9-15(13)21-12-18-17(11-19(20)23-18)22-16-10-6-4-8-14(16)2/h3-10,17-19H,11-12H2,1-2H3/t17-,18+,19?/m0/s1. The molecule has 1 aliphatic rings. The molecule has 0 spiro atoms. The quantitative estimate of drug-likeness (QED) is 0.755. The molecule has 0 amide bonds. The summed E-state index contributed by atoms with van der Waals surface area (Å²) in [6.07, 6.45) is 0.358. The van der Waals surface area contributed by atoms with E-state index in [4.69, 9.17) is 25.8 Å². The average Bonchev–Trinajstić information content (AvgIpc) is 2.88. The third kappa shape index (κ3) is 3.98. The molecule has 2 aromatic carbocycles. The predicted octanol–water partition coefficient (Wildman–Crippen LogP) is 4.48. The van der Waals surface area contributed by atoms with Crippen LogP contribution >= 0.6 is 11.6 Å². The summed E-state index contributed by atoms with van der Waals surface area (Å²) in [4.78, 5) is 0. The van der Waals surface area contributed by atoms with E-state index >= 15 is 0 Å². The van der Waals surface area contributed by atoms with Crippen molar-refractivity contribution in [2.75, 3.05) is 6.61 Å². The molecule has 3 rings (SSSR count). The second-order valence-electron chi connectivity index (χ2n) is 5.82. The molecule has 0 aliphatic carbocycles. The number of rotatable bonds is 5. The molecule has 0 N–H and O–H groups in total. The van der Waals surface area contributed by atoms with E-state index in [2.05, 4.69) is 0 Å². The second kappa shape index (κ2) is 7.24. The highest BCUT2D eigenvalue weighted by Gasteiger charge is 2.36. The van der Waals surface area contributed by atoms with E-state index in [1.54, 1.807) is 0 Å². The van der Waals surface area contributed by atoms with E-state index in [1.165, 1.54) is 0 Å². The van der Waals surface area contributed by atoms with Gasteiger partial charge in [-0.1, -0.05) is 48.0 Å². The molecule has 1 saturated heterocycles. The molecule has 4 heteroatoms. The van der Waals surface area contributed by atoms with Crippen LogP contribution in [0.15, 0.2) is 48.5 Å². The lowest BCUT2D eigenvalue weighted by molar-refractivity contribution is 0.0104. The number of halogens is 1. The first-order chi connectivity index (χ1) is 11.1. The number of alkyl halides is 1. The molecule has 2 aromatic rings. The van der Waals surface area contributed by atoms with E-state index in [1.807, 2.05) is 62.4 Å². The minimum absolute atomic E-state index is 0.109. The highest BCUT2D eigenvalue weighted by molar-refractivity contribution is 6.19. The van der Waals surface area contributed by atoms with Crippen molar-refractivity contribution >= 4 is 11.6 Å². The van der Waals surface area contributed by atoms with E-state index in [9.17, 15) is 0 Å². The van der Waals surface area contributed by atoms with Gasteiger partial charge in [0.15, 0.2) is 0 Å². The maximum atomic E-state index is 6.16. The van der Waals surface area contributed by atoms with Crippen molar-refractivity contribution in [1.82, 2.24) is 0 Å². The molecule has 23 heavy (non-hydrogen) atoms. The number of hydrogen-bond acceptors (Lipinski definition) is 3. The van der Waals surface area contributed by atoms with Crippen molar-refractivity contribution < 1.29 is 14.2 Å². The lowest BCUT2D eigenvalue weighted by Gasteiger charge is -2.21. The number of hydrogen-bond donors (Lipinski definition) is 0. The van der Waals surface area contributed by atoms with E-state index in [-0.39, 0.29) is 17.8 Å². The summed E-state index contributed by atoms with van der Waals surface area (Å²) >= 11 is 6.16. The molecule has 0 aromatic heterocycles. The molecule has 122 valence electrons. The number of aryl methyl sites for hydroxylation is 2. The topological polar surface area (TPSA) is 27.7 Å². The normalized spacial score (nSPS) is 23.7. The summed E-state index contributed by atoms with van der Waals surface area (Å²) in [6, 6.07) is 15.9. The van der Waals surface area contributed by atoms with Crippen LogP contribution in [-0.2, 0) is 4.74 Å². The second-order valence-corrected chi connectivity index (χ2v) is 6.31. The fraction of sp³-hybridized carbons (Fsp3) is 0.368. The predicted molar refractivity (Wildman–Crippen MR) is 91.4 cm³/mol. The maximum absolute atomic E-state index is 6.16. The molecule has 3 atom stereocenters. The SMILES string of the molecule is Cc1ccccc1OC[C@H]1OC(Cl)C[C@@H]1Oc1ccccc1C. The summed E-state index contributed by atoms with van der Waals surface area (Å²) < 4.78 is 17.8. The Balaban J connectivity index is 1.65. The summed E-state index contributed by atoms with van der Waals surface area (Å²) in [7, 11) is 0. The molecule has 1 unspecified atom stereocenters. The smallest absolute Gasteiger partial charge is 0.135 e. The van der Waals surface area contributed by atoms with Gasteiger partial charge in [-0.05, 0) is 37.1 Å². The Bertz CT molecular complexity index is 659. The van der Waals surface area contributed by atoms with E-state index < -0.39 is 0 Å². The molecular formula is C19H21ClO3.